The average Bonchev–Trinajstić information content (AvgIpc) is 3.23. The van der Waals surface area contributed by atoms with Crippen molar-refractivity contribution in [3.63, 3.8) is 0 Å². The van der Waals surface area contributed by atoms with Gasteiger partial charge in [-0.2, -0.15) is 5.21 Å². The fourth-order valence-corrected chi connectivity index (χ4v) is 2.41. The smallest absolute Gasteiger partial charge is 0.280 e. The number of fused-ring (bicyclic) bond motifs is 2. The molecule has 3 heterocycles. The van der Waals surface area contributed by atoms with E-state index in [0.29, 0.717) is 39.6 Å². The molecule has 1 aromatic carbocycles. The van der Waals surface area contributed by atoms with Crippen LogP contribution in [0.1, 0.15) is 0 Å². The number of methoxy groups -OCH3 is 2. The molecule has 10 nitrogen and oxygen atoms in total. The van der Waals surface area contributed by atoms with Gasteiger partial charge in [0.05, 0.1) is 25.1 Å². The van der Waals surface area contributed by atoms with E-state index >= 15 is 0 Å². The summed E-state index contributed by atoms with van der Waals surface area (Å²) >= 11 is 0. The van der Waals surface area contributed by atoms with Crippen molar-refractivity contribution in [2.24, 2.45) is 0 Å². The van der Waals surface area contributed by atoms with Gasteiger partial charge in [-0.15, -0.1) is 10.2 Å². The molecule has 0 saturated heterocycles. The third-order valence-electron chi connectivity index (χ3n) is 3.49. The molecule has 0 bridgehead atoms. The molecule has 0 saturated carbocycles. The second-order valence-electron chi connectivity index (χ2n) is 4.74. The largest absolute Gasteiger partial charge is 0.493 e. The van der Waals surface area contributed by atoms with Crippen LogP contribution in [0.25, 0.3) is 28.1 Å². The van der Waals surface area contributed by atoms with Gasteiger partial charge in [-0.1, -0.05) is 0 Å². The van der Waals surface area contributed by atoms with Crippen LogP contribution in [0.5, 0.6) is 11.5 Å². The third-order valence-corrected chi connectivity index (χ3v) is 3.49. The minimum atomic E-state index is -0.263. The second-order valence-corrected chi connectivity index (χ2v) is 4.74. The number of nitrogens with zero attached hydrogens (tertiary/aromatic N) is 5. The van der Waals surface area contributed by atoms with Crippen LogP contribution in [-0.4, -0.2) is 49.4 Å². The molecule has 10 heteroatoms. The molecule has 23 heavy (non-hydrogen) atoms. The number of aromatic nitrogens is 7. The molecule has 0 atom stereocenters. The first-order valence-corrected chi connectivity index (χ1v) is 6.62. The summed E-state index contributed by atoms with van der Waals surface area (Å²) in [6.45, 7) is 0. The molecule has 2 N–H and O–H groups in total. The lowest BCUT2D eigenvalue weighted by atomic mass is 10.2. The van der Waals surface area contributed by atoms with Gasteiger partial charge in [0.2, 0.25) is 5.82 Å². The summed E-state index contributed by atoms with van der Waals surface area (Å²) in [5, 5.41) is 16.9. The number of H-pyrrole nitrogens is 2. The predicted molar refractivity (Wildman–Crippen MR) is 79.6 cm³/mol. The van der Waals surface area contributed by atoms with Crippen LogP contribution < -0.4 is 15.0 Å². The maximum Gasteiger partial charge on any atom is 0.280 e. The Kier molecular flexibility index (Phi) is 2.76. The van der Waals surface area contributed by atoms with Crippen molar-refractivity contribution in [1.82, 2.24) is 35.2 Å². The molecule has 0 spiro atoms. The lowest BCUT2D eigenvalue weighted by molar-refractivity contribution is 0.355. The highest BCUT2D eigenvalue weighted by Gasteiger charge is 2.15. The molecule has 0 unspecified atom stereocenters. The number of ether oxygens (including phenoxy) is 2. The van der Waals surface area contributed by atoms with Crippen LogP contribution in [0.3, 0.4) is 0 Å². The van der Waals surface area contributed by atoms with E-state index in [0.717, 1.165) is 0 Å². The summed E-state index contributed by atoms with van der Waals surface area (Å²) in [4.78, 5) is 17.1. The number of hydrogen-bond donors (Lipinski definition) is 2. The lowest BCUT2D eigenvalue weighted by Gasteiger charge is -2.08. The van der Waals surface area contributed by atoms with E-state index in [1.807, 2.05) is 0 Å². The monoisotopic (exact) mass is 313 g/mol. The fraction of sp³-hybridized carbons (Fsp3) is 0.154. The van der Waals surface area contributed by atoms with Gasteiger partial charge < -0.3 is 9.47 Å². The quantitative estimate of drug-likeness (QED) is 0.560. The average molecular weight is 313 g/mol. The zero-order chi connectivity index (χ0) is 16.0. The first kappa shape index (κ1) is 13.2. The van der Waals surface area contributed by atoms with Gasteiger partial charge in [0.1, 0.15) is 5.69 Å². The first-order valence-electron chi connectivity index (χ1n) is 6.62. The minimum absolute atomic E-state index is 0.263. The topological polar surface area (TPSA) is 123 Å². The maximum atomic E-state index is 12.7. The zero-order valence-electron chi connectivity index (χ0n) is 12.2. The standard InChI is InChI=1S/C13H11N7O3/c1-22-9-3-6-7(4-10(9)23-2)14-11-5-8(12-15-18-19-16-12)17-20(11)13(6)21/h3-5,17H,1-2H3,(H,15,16,18,19). The number of aromatic amines is 2. The van der Waals surface area contributed by atoms with Crippen molar-refractivity contribution in [2.45, 2.75) is 0 Å². The van der Waals surface area contributed by atoms with Crippen molar-refractivity contribution in [3.8, 4) is 23.0 Å². The molecule has 0 aliphatic carbocycles. The minimum Gasteiger partial charge on any atom is -0.493 e. The Hall–Kier alpha value is -3.43. The maximum absolute atomic E-state index is 12.7. The Labute approximate surface area is 128 Å². The van der Waals surface area contributed by atoms with Crippen LogP contribution >= 0.6 is 0 Å². The van der Waals surface area contributed by atoms with Crippen molar-refractivity contribution in [1.29, 1.82) is 0 Å². The highest BCUT2D eigenvalue weighted by molar-refractivity contribution is 5.83. The molecule has 0 amide bonds. The van der Waals surface area contributed by atoms with Gasteiger partial charge >= 0.3 is 0 Å². The van der Waals surface area contributed by atoms with Gasteiger partial charge in [-0.3, -0.25) is 9.89 Å². The Balaban J connectivity index is 2.04. The van der Waals surface area contributed by atoms with Gasteiger partial charge in [0, 0.05) is 12.1 Å². The number of hydrogen-bond acceptors (Lipinski definition) is 7. The van der Waals surface area contributed by atoms with Crippen LogP contribution in [0, 0.1) is 0 Å². The van der Waals surface area contributed by atoms with Crippen LogP contribution in [0.2, 0.25) is 0 Å². The molecular weight excluding hydrogens is 302 g/mol. The Morgan fingerprint density at radius 2 is 1.91 bits per heavy atom. The Bertz CT molecular complexity index is 1060. The fourth-order valence-electron chi connectivity index (χ4n) is 2.41. The summed E-state index contributed by atoms with van der Waals surface area (Å²) in [6.07, 6.45) is 0. The van der Waals surface area contributed by atoms with Gasteiger partial charge in [-0.05, 0) is 11.3 Å². The molecule has 0 aliphatic heterocycles. The summed E-state index contributed by atoms with van der Waals surface area (Å²) in [7, 11) is 3.04. The Morgan fingerprint density at radius 1 is 1.13 bits per heavy atom. The van der Waals surface area contributed by atoms with E-state index in [9.17, 15) is 4.79 Å². The highest BCUT2D eigenvalue weighted by atomic mass is 16.5. The molecule has 3 aromatic heterocycles. The zero-order valence-corrected chi connectivity index (χ0v) is 12.2. The first-order chi connectivity index (χ1) is 11.2. The van der Waals surface area contributed by atoms with Crippen molar-refractivity contribution in [3.05, 3.63) is 28.6 Å². The third kappa shape index (κ3) is 1.92. The van der Waals surface area contributed by atoms with Crippen molar-refractivity contribution < 1.29 is 9.47 Å². The van der Waals surface area contributed by atoms with Crippen LogP contribution in [0.15, 0.2) is 23.0 Å². The normalized spacial score (nSPS) is 11.2. The number of nitrogens with one attached hydrogen (secondary N) is 2. The number of benzene rings is 1. The molecular formula is C13H11N7O3. The summed E-state index contributed by atoms with van der Waals surface area (Å²) in [5.41, 5.74) is 1.21. The van der Waals surface area contributed by atoms with Crippen LogP contribution in [0.4, 0.5) is 0 Å². The highest BCUT2D eigenvalue weighted by Crippen LogP contribution is 2.30. The number of tetrazole rings is 1. The Morgan fingerprint density at radius 3 is 2.61 bits per heavy atom. The molecule has 0 aliphatic rings. The predicted octanol–water partition coefficient (Wildman–Crippen LogP) is 0.373. The van der Waals surface area contributed by atoms with E-state index in [-0.39, 0.29) is 5.56 Å². The van der Waals surface area contributed by atoms with Crippen LogP contribution in [-0.2, 0) is 0 Å². The van der Waals surface area contributed by atoms with Gasteiger partial charge in [0.25, 0.3) is 5.56 Å². The summed E-state index contributed by atoms with van der Waals surface area (Å²) < 4.78 is 11.8. The van der Waals surface area contributed by atoms with E-state index in [1.54, 1.807) is 18.2 Å². The van der Waals surface area contributed by atoms with Gasteiger partial charge in [-0.25, -0.2) is 9.50 Å². The lowest BCUT2D eigenvalue weighted by Crippen LogP contribution is -2.15. The summed E-state index contributed by atoms with van der Waals surface area (Å²) in [5.74, 6) is 1.31. The second kappa shape index (κ2) is 4.80. The molecule has 4 aromatic rings. The van der Waals surface area contributed by atoms with E-state index in [2.05, 4.69) is 30.7 Å². The van der Waals surface area contributed by atoms with E-state index in [4.69, 9.17) is 9.47 Å². The molecule has 0 fully saturated rings. The molecule has 116 valence electrons. The molecule has 0 radical (unpaired) electrons. The van der Waals surface area contributed by atoms with Crippen molar-refractivity contribution in [2.75, 3.05) is 14.2 Å². The van der Waals surface area contributed by atoms with Gasteiger partial charge in [0.15, 0.2) is 17.1 Å². The number of rotatable bonds is 3. The van der Waals surface area contributed by atoms with E-state index in [1.165, 1.54) is 18.7 Å². The molecule has 4 rings (SSSR count). The van der Waals surface area contributed by atoms with Crippen molar-refractivity contribution >= 4 is 16.6 Å². The summed E-state index contributed by atoms with van der Waals surface area (Å²) in [6, 6.07) is 4.93. The SMILES string of the molecule is COc1cc2nc3cc(-c4nn[nH]n4)[nH]n3c(=O)c2cc1OC. The van der Waals surface area contributed by atoms with E-state index < -0.39 is 0 Å².